The number of nitrogens with zero attached hydrogens (tertiary/aromatic N) is 5. The Balaban J connectivity index is 0.780. The fraction of sp³-hybridized carbons (Fsp3) is 0.0781. The van der Waals surface area contributed by atoms with Gasteiger partial charge in [-0.05, 0) is 82.9 Å². The summed E-state index contributed by atoms with van der Waals surface area (Å²) in [7, 11) is 0. The van der Waals surface area contributed by atoms with Crippen LogP contribution in [-0.2, 0) is 0 Å². The van der Waals surface area contributed by atoms with Crippen molar-refractivity contribution < 1.29 is 0 Å². The predicted octanol–water partition coefficient (Wildman–Crippen LogP) is 12.3. The number of benzene rings is 8. The lowest BCUT2D eigenvalue weighted by Crippen LogP contribution is -2.54. The molecule has 3 aromatic heterocycles. The second kappa shape index (κ2) is 18.4. The van der Waals surface area contributed by atoms with Gasteiger partial charge in [0, 0.05) is 44.1 Å². The Kier molecular flexibility index (Phi) is 10.8. The molecule has 0 fully saturated rings. The first kappa shape index (κ1) is 43.4. The second-order valence-corrected chi connectivity index (χ2v) is 19.0. The lowest BCUT2D eigenvalue weighted by Gasteiger charge is -2.34. The highest BCUT2D eigenvalue weighted by Gasteiger charge is 2.29. The Hall–Kier alpha value is -9.35. The van der Waals surface area contributed by atoms with Gasteiger partial charge >= 0.3 is 0 Å². The molecular weight excluding hydrogens is 909 g/mol. The molecule has 11 aromatic rings. The summed E-state index contributed by atoms with van der Waals surface area (Å²) in [4.78, 5) is 15.3. The molecule has 356 valence electrons. The van der Waals surface area contributed by atoms with Crippen molar-refractivity contribution in [3.05, 3.63) is 270 Å². The third-order valence-corrected chi connectivity index (χ3v) is 14.6. The van der Waals surface area contributed by atoms with E-state index in [1.807, 2.05) is 42.6 Å². The molecule has 0 aliphatic carbocycles. The van der Waals surface area contributed by atoms with Gasteiger partial charge in [-0.3, -0.25) is 15.6 Å². The maximum Gasteiger partial charge on any atom is 0.146 e. The van der Waals surface area contributed by atoms with Gasteiger partial charge in [0.15, 0.2) is 0 Å². The van der Waals surface area contributed by atoms with Gasteiger partial charge in [0.2, 0.25) is 0 Å². The SMILES string of the molecule is C1=C(C2NC(c3ccccc3)=NC(c3ccccc3)N2)NCC(n2c3ccccc3c3cc(-c4ccc5c(c4)c4ccccc4n5-c4ccc(C5N=C(c6ccccc6)NC(c6ccccc6)N5)nc4)ccc32)=C1. The quantitative estimate of drug-likeness (QED) is 0.0986. The molecule has 4 atom stereocenters. The summed E-state index contributed by atoms with van der Waals surface area (Å²) in [6, 6.07) is 77.0. The van der Waals surface area contributed by atoms with Gasteiger partial charge in [-0.1, -0.05) is 170 Å². The van der Waals surface area contributed by atoms with E-state index in [0.717, 1.165) is 67.6 Å². The molecule has 74 heavy (non-hydrogen) atoms. The van der Waals surface area contributed by atoms with E-state index < -0.39 is 0 Å². The molecule has 0 spiro atoms. The fourth-order valence-electron chi connectivity index (χ4n) is 11.0. The molecule has 0 saturated carbocycles. The molecular formula is C64H50N10. The standard InChI is InChI=1S/C64H50N10/c1-5-17-41(18-6-1)59-67-60(42-19-7-2-8-20-42)70-63(69-59)53-33-31-47(39-65-53)73-55-27-15-13-25-49(55)51-37-45(29-35-57(51)73)46-30-36-58-52(38-46)50-26-14-16-28-56(50)74(58)48-32-34-54(66-40-48)64-71-61(43-21-9-3-10-22-43)68-62(72-64)44-23-11-4-12-24-44/h1-39,59,61,63-64,66,69,71H,40H2,(H,67,70)(H,68,72). The minimum atomic E-state index is -0.348. The molecule has 8 aromatic carbocycles. The Morgan fingerprint density at radius 3 is 1.51 bits per heavy atom. The molecule has 0 amide bonds. The number of dihydropyridines is 1. The maximum absolute atomic E-state index is 5.14. The van der Waals surface area contributed by atoms with Crippen molar-refractivity contribution in [3.8, 4) is 16.8 Å². The number of nitrogens with one attached hydrogen (secondary N) is 5. The van der Waals surface area contributed by atoms with E-state index in [2.05, 4.69) is 230 Å². The van der Waals surface area contributed by atoms with Crippen LogP contribution in [0.2, 0.25) is 0 Å². The number of rotatable bonds is 9. The number of aliphatic imine (C=N–C) groups is 2. The van der Waals surface area contributed by atoms with Gasteiger partial charge in [0.25, 0.3) is 0 Å². The van der Waals surface area contributed by atoms with Gasteiger partial charge in [0.05, 0.1) is 46.2 Å². The van der Waals surface area contributed by atoms with E-state index in [-0.39, 0.29) is 24.7 Å². The summed E-state index contributed by atoms with van der Waals surface area (Å²) in [5.41, 5.74) is 15.3. The van der Waals surface area contributed by atoms with Crippen LogP contribution in [0.4, 0.5) is 0 Å². The second-order valence-electron chi connectivity index (χ2n) is 19.0. The molecule has 3 aliphatic rings. The Bertz CT molecular complexity index is 4030. The molecule has 10 nitrogen and oxygen atoms in total. The van der Waals surface area contributed by atoms with Gasteiger partial charge in [-0.25, -0.2) is 9.98 Å². The largest absolute Gasteiger partial charge is 0.380 e. The lowest BCUT2D eigenvalue weighted by molar-refractivity contribution is 0.403. The number of amidine groups is 2. The van der Waals surface area contributed by atoms with E-state index in [0.29, 0.717) is 6.54 Å². The molecule has 0 radical (unpaired) electrons. The van der Waals surface area contributed by atoms with E-state index in [1.54, 1.807) is 0 Å². The van der Waals surface area contributed by atoms with E-state index >= 15 is 0 Å². The van der Waals surface area contributed by atoms with Gasteiger partial charge in [-0.15, -0.1) is 0 Å². The number of hydrogen-bond donors (Lipinski definition) is 5. The molecule has 0 bridgehead atoms. The highest BCUT2D eigenvalue weighted by atomic mass is 15.3. The third-order valence-electron chi connectivity index (χ3n) is 14.6. The first-order chi connectivity index (χ1) is 36.7. The fourth-order valence-corrected chi connectivity index (χ4v) is 11.0. The summed E-state index contributed by atoms with van der Waals surface area (Å²) in [5, 5.41) is 23.4. The lowest BCUT2D eigenvalue weighted by atomic mass is 10.0. The summed E-state index contributed by atoms with van der Waals surface area (Å²) in [6.07, 6.45) is 5.58. The van der Waals surface area contributed by atoms with E-state index in [4.69, 9.17) is 15.0 Å². The van der Waals surface area contributed by atoms with Crippen LogP contribution in [-0.4, -0.2) is 38.5 Å². The van der Waals surface area contributed by atoms with Crippen molar-refractivity contribution >= 4 is 61.0 Å². The summed E-state index contributed by atoms with van der Waals surface area (Å²) in [5.74, 6) is 1.70. The number of hydrogen-bond acceptors (Lipinski definition) is 8. The zero-order valence-electron chi connectivity index (χ0n) is 40.3. The minimum absolute atomic E-state index is 0.137. The molecule has 10 heteroatoms. The van der Waals surface area contributed by atoms with Gasteiger partial charge in [0.1, 0.15) is 36.3 Å². The average Bonchev–Trinajstić information content (AvgIpc) is 4.00. The Morgan fingerprint density at radius 1 is 0.405 bits per heavy atom. The topological polar surface area (TPSA) is 108 Å². The highest BCUT2D eigenvalue weighted by Crippen LogP contribution is 2.39. The number of aromatic nitrogens is 3. The van der Waals surface area contributed by atoms with E-state index in [9.17, 15) is 0 Å². The van der Waals surface area contributed by atoms with Crippen molar-refractivity contribution in [1.29, 1.82) is 0 Å². The van der Waals surface area contributed by atoms with Crippen LogP contribution < -0.4 is 26.6 Å². The predicted molar refractivity (Wildman–Crippen MR) is 301 cm³/mol. The number of pyridine rings is 1. The Labute approximate surface area is 428 Å². The van der Waals surface area contributed by atoms with Crippen LogP contribution in [0.3, 0.4) is 0 Å². The molecule has 6 heterocycles. The summed E-state index contributed by atoms with van der Waals surface area (Å²) >= 11 is 0. The van der Waals surface area contributed by atoms with Crippen LogP contribution in [0.25, 0.3) is 66.1 Å². The van der Waals surface area contributed by atoms with Crippen LogP contribution in [0.1, 0.15) is 46.4 Å². The van der Waals surface area contributed by atoms with Crippen LogP contribution in [0, 0.1) is 0 Å². The van der Waals surface area contributed by atoms with Crippen molar-refractivity contribution in [1.82, 2.24) is 40.7 Å². The molecule has 14 rings (SSSR count). The van der Waals surface area contributed by atoms with Crippen LogP contribution in [0.15, 0.2) is 252 Å². The molecule has 5 N–H and O–H groups in total. The highest BCUT2D eigenvalue weighted by molar-refractivity contribution is 6.13. The molecule has 0 saturated heterocycles. The number of fused-ring (bicyclic) bond motifs is 6. The molecule has 3 aliphatic heterocycles. The normalized spacial score (nSPS) is 18.8. The van der Waals surface area contributed by atoms with Crippen molar-refractivity contribution in [3.63, 3.8) is 0 Å². The number of allylic oxidation sites excluding steroid dienone is 2. The van der Waals surface area contributed by atoms with Gasteiger partial charge in [-0.2, -0.15) is 0 Å². The van der Waals surface area contributed by atoms with Crippen molar-refractivity contribution in [2.45, 2.75) is 24.7 Å². The minimum Gasteiger partial charge on any atom is -0.380 e. The number of para-hydroxylation sites is 2. The zero-order valence-corrected chi connectivity index (χ0v) is 40.3. The summed E-state index contributed by atoms with van der Waals surface area (Å²) in [6.45, 7) is 0.654. The first-order valence-corrected chi connectivity index (χ1v) is 25.3. The van der Waals surface area contributed by atoms with Crippen LogP contribution >= 0.6 is 0 Å². The Morgan fingerprint density at radius 2 is 0.919 bits per heavy atom. The first-order valence-electron chi connectivity index (χ1n) is 25.3. The van der Waals surface area contributed by atoms with Crippen molar-refractivity contribution in [2.24, 2.45) is 9.98 Å². The monoisotopic (exact) mass is 958 g/mol. The summed E-state index contributed by atoms with van der Waals surface area (Å²) < 4.78 is 4.74. The smallest absolute Gasteiger partial charge is 0.146 e. The van der Waals surface area contributed by atoms with Crippen molar-refractivity contribution in [2.75, 3.05) is 6.54 Å². The van der Waals surface area contributed by atoms with E-state index in [1.165, 1.54) is 43.8 Å². The third kappa shape index (κ3) is 7.81. The zero-order chi connectivity index (χ0) is 49.0. The maximum atomic E-state index is 5.14. The van der Waals surface area contributed by atoms with Crippen LogP contribution in [0.5, 0.6) is 0 Å². The molecule has 4 unspecified atom stereocenters. The van der Waals surface area contributed by atoms with Gasteiger partial charge < -0.3 is 25.1 Å². The average molecular weight is 959 g/mol.